The Morgan fingerprint density at radius 1 is 0.600 bits per heavy atom. The third kappa shape index (κ3) is 5.99. The van der Waals surface area contributed by atoms with Crippen molar-refractivity contribution < 1.29 is 37.2 Å². The summed E-state index contributed by atoms with van der Waals surface area (Å²) in [5, 5.41) is 43.3. The van der Waals surface area contributed by atoms with Crippen LogP contribution in [0.3, 0.4) is 0 Å². The Balaban J connectivity index is 0.000000240. The second kappa shape index (κ2) is 10.5. The van der Waals surface area contributed by atoms with Crippen LogP contribution in [0.5, 0.6) is 0 Å². The molecule has 0 atom stereocenters. The smallest absolute Gasteiger partial charge is 0.230 e. The molecule has 0 bridgehead atoms. The van der Waals surface area contributed by atoms with Crippen molar-refractivity contribution in [2.75, 3.05) is 0 Å². The number of nitrogens with zero attached hydrogens (tertiary/aromatic N) is 4. The van der Waals surface area contributed by atoms with Gasteiger partial charge in [0.15, 0.2) is 11.4 Å². The first-order valence-electron chi connectivity index (χ1n) is 11.0. The molecule has 2 N–H and O–H groups in total. The van der Waals surface area contributed by atoms with E-state index in [1.54, 1.807) is 12.1 Å². The van der Waals surface area contributed by atoms with Crippen LogP contribution in [0.4, 0.5) is 0 Å². The van der Waals surface area contributed by atoms with Gasteiger partial charge in [-0.3, -0.25) is 0 Å². The van der Waals surface area contributed by atoms with Crippen molar-refractivity contribution in [3.05, 3.63) is 94.6 Å². The molecule has 35 heavy (non-hydrogen) atoms. The van der Waals surface area contributed by atoms with E-state index >= 15 is 0 Å². The zero-order valence-corrected chi connectivity index (χ0v) is 21.7. The van der Waals surface area contributed by atoms with Gasteiger partial charge in [-0.15, -0.1) is 0 Å². The van der Waals surface area contributed by atoms with Gasteiger partial charge in [-0.1, -0.05) is 102 Å². The predicted molar refractivity (Wildman–Crippen MR) is 129 cm³/mol. The van der Waals surface area contributed by atoms with Crippen LogP contribution in [0.15, 0.2) is 72.8 Å². The van der Waals surface area contributed by atoms with E-state index in [0.717, 1.165) is 11.1 Å². The van der Waals surface area contributed by atoms with Crippen LogP contribution in [0.25, 0.3) is 22.5 Å². The summed E-state index contributed by atoms with van der Waals surface area (Å²) < 4.78 is 0. The first-order chi connectivity index (χ1) is 15.8. The summed E-state index contributed by atoms with van der Waals surface area (Å²) in [4.78, 5) is 2.36. The van der Waals surface area contributed by atoms with Crippen molar-refractivity contribution in [2.45, 2.75) is 52.4 Å². The second-order valence-electron chi connectivity index (χ2n) is 10.2. The average molecular weight is 528 g/mol. The topological polar surface area (TPSA) is 104 Å². The molecule has 0 amide bonds. The summed E-state index contributed by atoms with van der Waals surface area (Å²) in [7, 11) is 0. The van der Waals surface area contributed by atoms with E-state index in [1.807, 2.05) is 102 Å². The Kier molecular flexibility index (Phi) is 8.31. The first kappa shape index (κ1) is 27.8. The summed E-state index contributed by atoms with van der Waals surface area (Å²) in [5.41, 5.74) is 3.11. The molecule has 191 valence electrons. The van der Waals surface area contributed by atoms with Crippen LogP contribution >= 0.6 is 0 Å². The fraction of sp³-hybridized carbons (Fsp3) is 0.308. The molecule has 0 fully saturated rings. The van der Waals surface area contributed by atoms with E-state index in [0.29, 0.717) is 42.2 Å². The molecule has 8 nitrogen and oxygen atoms in total. The predicted octanol–water partition coefficient (Wildman–Crippen LogP) is 4.64. The van der Waals surface area contributed by atoms with E-state index in [1.165, 1.54) is 0 Å². The summed E-state index contributed by atoms with van der Waals surface area (Å²) in [5.74, 6) is 0. The molecule has 0 aliphatic carbocycles. The van der Waals surface area contributed by atoms with Crippen molar-refractivity contribution in [1.29, 1.82) is 0 Å². The van der Waals surface area contributed by atoms with Crippen LogP contribution in [-0.4, -0.2) is 20.1 Å². The number of rotatable bonds is 2. The average Bonchev–Trinajstić information content (AvgIpc) is 3.26. The number of aromatic nitrogens is 4. The van der Waals surface area contributed by atoms with Gasteiger partial charge in [0.1, 0.15) is 0 Å². The van der Waals surface area contributed by atoms with Gasteiger partial charge in [-0.05, 0) is 9.69 Å². The largest absolute Gasteiger partial charge is 0.593 e. The molecule has 0 spiro atoms. The second-order valence-corrected chi connectivity index (χ2v) is 10.2. The van der Waals surface area contributed by atoms with Gasteiger partial charge in [0.05, 0.1) is 10.8 Å². The Morgan fingerprint density at radius 3 is 1.11 bits per heavy atom. The SMILES string of the molecule is CC(C)(C)c1cc(-c2ccccc2)n(O)[n+]1[O-].CC(C)(C)c1cc(-c2ccccc2)n(O)[n+]1[O-].[Cu]. The fourth-order valence-corrected chi connectivity index (χ4v) is 3.51. The molecular weight excluding hydrogens is 496 g/mol. The van der Waals surface area contributed by atoms with Crippen LogP contribution in [0, 0.1) is 10.4 Å². The van der Waals surface area contributed by atoms with Crippen LogP contribution < -0.4 is 9.69 Å². The molecule has 4 aromatic rings. The molecule has 1 radical (unpaired) electrons. The van der Waals surface area contributed by atoms with Crippen LogP contribution in [0.1, 0.15) is 52.9 Å². The van der Waals surface area contributed by atoms with Crippen molar-refractivity contribution in [3.63, 3.8) is 0 Å². The molecule has 0 unspecified atom stereocenters. The van der Waals surface area contributed by atoms with E-state index < -0.39 is 0 Å². The Hall–Kier alpha value is -3.42. The van der Waals surface area contributed by atoms with Crippen molar-refractivity contribution in [2.24, 2.45) is 0 Å². The minimum Gasteiger partial charge on any atom is -0.593 e. The van der Waals surface area contributed by atoms with Crippen LogP contribution in [0.2, 0.25) is 0 Å². The summed E-state index contributed by atoms with van der Waals surface area (Å²) in [6, 6.07) is 22.1. The zero-order chi connectivity index (χ0) is 25.3. The van der Waals surface area contributed by atoms with Crippen LogP contribution in [-0.2, 0) is 27.9 Å². The Morgan fingerprint density at radius 2 is 0.886 bits per heavy atom. The fourth-order valence-electron chi connectivity index (χ4n) is 3.51. The first-order valence-corrected chi connectivity index (χ1v) is 11.0. The van der Waals surface area contributed by atoms with Gasteiger partial charge >= 0.3 is 0 Å². The van der Waals surface area contributed by atoms with Gasteiger partial charge in [0, 0.05) is 50.0 Å². The third-order valence-corrected chi connectivity index (χ3v) is 5.41. The summed E-state index contributed by atoms with van der Waals surface area (Å²) >= 11 is 0. The van der Waals surface area contributed by atoms with Crippen molar-refractivity contribution in [3.8, 4) is 22.5 Å². The van der Waals surface area contributed by atoms with E-state index in [2.05, 4.69) is 0 Å². The molecular formula is C26H32CuN4O4. The zero-order valence-electron chi connectivity index (χ0n) is 20.7. The Bertz CT molecular complexity index is 1150. The molecule has 0 saturated carbocycles. The molecule has 2 aromatic carbocycles. The molecule has 0 aliphatic heterocycles. The van der Waals surface area contributed by atoms with E-state index in [-0.39, 0.29) is 27.9 Å². The maximum Gasteiger partial charge on any atom is 0.230 e. The van der Waals surface area contributed by atoms with Crippen molar-refractivity contribution in [1.82, 2.24) is 9.69 Å². The number of hydrogen-bond acceptors (Lipinski definition) is 4. The summed E-state index contributed by atoms with van der Waals surface area (Å²) in [6.45, 7) is 11.6. The monoisotopic (exact) mass is 527 g/mol. The standard InChI is InChI=1S/2C13H16N2O2.Cu/c2*1-13(2,3)12-9-11(14(16)15(12)17)10-7-5-4-6-8-10;/h2*4-9,16H,1-3H3;. The van der Waals surface area contributed by atoms with E-state index in [9.17, 15) is 20.8 Å². The molecule has 0 saturated heterocycles. The molecule has 4 rings (SSSR count). The van der Waals surface area contributed by atoms with Gasteiger partial charge in [-0.2, -0.15) is 0 Å². The summed E-state index contributed by atoms with van der Waals surface area (Å²) in [6.07, 6.45) is 0. The number of hydrogen-bond donors (Lipinski definition) is 2. The van der Waals surface area contributed by atoms with Gasteiger partial charge in [0.2, 0.25) is 11.4 Å². The maximum atomic E-state index is 11.8. The van der Waals surface area contributed by atoms with Crippen molar-refractivity contribution >= 4 is 0 Å². The van der Waals surface area contributed by atoms with Gasteiger partial charge in [-0.25, -0.2) is 0 Å². The maximum absolute atomic E-state index is 11.8. The van der Waals surface area contributed by atoms with Gasteiger partial charge in [0.25, 0.3) is 0 Å². The number of benzene rings is 2. The minimum atomic E-state index is -0.306. The third-order valence-electron chi connectivity index (χ3n) is 5.41. The Labute approximate surface area is 216 Å². The molecule has 9 heteroatoms. The minimum absolute atomic E-state index is 0. The quantitative estimate of drug-likeness (QED) is 0.171. The van der Waals surface area contributed by atoms with Gasteiger partial charge < -0.3 is 20.8 Å². The molecule has 2 aromatic heterocycles. The normalized spacial score (nSPS) is 11.4. The molecule has 0 aliphatic rings. The molecule has 2 heterocycles. The van der Waals surface area contributed by atoms with E-state index in [4.69, 9.17) is 0 Å².